The molecule has 96 valence electrons. The molecule has 1 aromatic rings. The van der Waals surface area contributed by atoms with E-state index in [2.05, 4.69) is 26.1 Å². The van der Waals surface area contributed by atoms with Crippen LogP contribution in [0.4, 0.5) is 5.69 Å². The quantitative estimate of drug-likeness (QED) is 0.849. The number of methoxy groups -OCH3 is 1. The van der Waals surface area contributed by atoms with Gasteiger partial charge in [0.05, 0.1) is 13.7 Å². The third-order valence-electron chi connectivity index (χ3n) is 2.29. The van der Waals surface area contributed by atoms with E-state index in [4.69, 9.17) is 9.47 Å². The second-order valence-corrected chi connectivity index (χ2v) is 5.21. The average molecular weight is 237 g/mol. The van der Waals surface area contributed by atoms with Crippen molar-refractivity contribution in [1.29, 1.82) is 0 Å². The maximum absolute atomic E-state index is 5.54. The van der Waals surface area contributed by atoms with Gasteiger partial charge in [0.15, 0.2) is 11.5 Å². The van der Waals surface area contributed by atoms with Crippen LogP contribution < -0.4 is 14.8 Å². The fraction of sp³-hybridized carbons (Fsp3) is 0.571. The zero-order chi connectivity index (χ0) is 12.9. The molecule has 0 saturated heterocycles. The summed E-state index contributed by atoms with van der Waals surface area (Å²) in [5.74, 6) is 1.56. The molecule has 0 bridgehead atoms. The van der Waals surface area contributed by atoms with E-state index in [9.17, 15) is 0 Å². The number of hydrogen-bond donors (Lipinski definition) is 1. The van der Waals surface area contributed by atoms with Crippen molar-refractivity contribution in [3.05, 3.63) is 18.2 Å². The molecule has 3 heteroatoms. The number of rotatable bonds is 5. The summed E-state index contributed by atoms with van der Waals surface area (Å²) in [6.07, 6.45) is 0. The lowest BCUT2D eigenvalue weighted by Gasteiger charge is -2.20. The Kier molecular flexibility index (Phi) is 4.67. The molecule has 0 heterocycles. The molecule has 0 saturated carbocycles. The molecular formula is C14H23NO2. The van der Waals surface area contributed by atoms with Gasteiger partial charge in [-0.2, -0.15) is 0 Å². The number of nitrogens with one attached hydrogen (secondary N) is 1. The zero-order valence-electron chi connectivity index (χ0n) is 11.5. The molecule has 0 fully saturated rings. The molecule has 17 heavy (non-hydrogen) atoms. The van der Waals surface area contributed by atoms with E-state index < -0.39 is 0 Å². The minimum Gasteiger partial charge on any atom is -0.493 e. The van der Waals surface area contributed by atoms with Crippen LogP contribution in [-0.2, 0) is 0 Å². The Morgan fingerprint density at radius 3 is 2.41 bits per heavy atom. The van der Waals surface area contributed by atoms with Crippen LogP contribution in [0.1, 0.15) is 27.7 Å². The minimum absolute atomic E-state index is 0.256. The second-order valence-electron chi connectivity index (χ2n) is 5.21. The van der Waals surface area contributed by atoms with Crippen molar-refractivity contribution in [2.45, 2.75) is 27.7 Å². The lowest BCUT2D eigenvalue weighted by atomic mass is 9.97. The first-order valence-electron chi connectivity index (χ1n) is 6.01. The van der Waals surface area contributed by atoms with Crippen molar-refractivity contribution in [3.8, 4) is 11.5 Å². The lowest BCUT2D eigenvalue weighted by molar-refractivity contribution is 0.311. The number of hydrogen-bond acceptors (Lipinski definition) is 3. The van der Waals surface area contributed by atoms with Crippen LogP contribution in [0.25, 0.3) is 0 Å². The average Bonchev–Trinajstić information content (AvgIpc) is 2.26. The van der Waals surface area contributed by atoms with Gasteiger partial charge in [-0.3, -0.25) is 0 Å². The molecule has 0 aromatic heterocycles. The Morgan fingerprint density at radius 1 is 1.18 bits per heavy atom. The molecule has 0 atom stereocenters. The van der Waals surface area contributed by atoms with Crippen LogP contribution in [0, 0.1) is 5.41 Å². The topological polar surface area (TPSA) is 30.5 Å². The van der Waals surface area contributed by atoms with Crippen LogP contribution in [-0.4, -0.2) is 20.3 Å². The Labute approximate surface area is 104 Å². The standard InChI is InChI=1S/C14H23NO2/c1-6-17-13-9-11(7-8-12(13)16-5)15-10-14(2,3)4/h7-9,15H,6,10H2,1-5H3. The molecule has 0 radical (unpaired) electrons. The van der Waals surface area contributed by atoms with Gasteiger partial charge in [0.1, 0.15) is 0 Å². The fourth-order valence-corrected chi connectivity index (χ4v) is 1.42. The highest BCUT2D eigenvalue weighted by molar-refractivity contribution is 5.54. The van der Waals surface area contributed by atoms with Gasteiger partial charge in [0.25, 0.3) is 0 Å². The molecule has 0 unspecified atom stereocenters. The zero-order valence-corrected chi connectivity index (χ0v) is 11.5. The highest BCUT2D eigenvalue weighted by atomic mass is 16.5. The fourth-order valence-electron chi connectivity index (χ4n) is 1.42. The van der Waals surface area contributed by atoms with Crippen molar-refractivity contribution < 1.29 is 9.47 Å². The van der Waals surface area contributed by atoms with Crippen molar-refractivity contribution in [2.24, 2.45) is 5.41 Å². The summed E-state index contributed by atoms with van der Waals surface area (Å²) in [6.45, 7) is 10.1. The normalized spacial score (nSPS) is 11.1. The molecule has 0 aliphatic rings. The highest BCUT2D eigenvalue weighted by Crippen LogP contribution is 2.30. The first kappa shape index (κ1) is 13.7. The van der Waals surface area contributed by atoms with Crippen molar-refractivity contribution in [1.82, 2.24) is 0 Å². The van der Waals surface area contributed by atoms with Gasteiger partial charge in [-0.15, -0.1) is 0 Å². The highest BCUT2D eigenvalue weighted by Gasteiger charge is 2.10. The molecule has 0 aliphatic carbocycles. The summed E-state index contributed by atoms with van der Waals surface area (Å²) in [6, 6.07) is 5.91. The molecule has 3 nitrogen and oxygen atoms in total. The Morgan fingerprint density at radius 2 is 1.88 bits per heavy atom. The molecule has 1 N–H and O–H groups in total. The van der Waals surface area contributed by atoms with Gasteiger partial charge >= 0.3 is 0 Å². The van der Waals surface area contributed by atoms with E-state index in [1.807, 2.05) is 25.1 Å². The summed E-state index contributed by atoms with van der Waals surface area (Å²) in [7, 11) is 1.65. The SMILES string of the molecule is CCOc1cc(NCC(C)(C)C)ccc1OC. The first-order valence-corrected chi connectivity index (χ1v) is 6.01. The van der Waals surface area contributed by atoms with E-state index in [1.165, 1.54) is 0 Å². The van der Waals surface area contributed by atoms with E-state index in [0.717, 1.165) is 23.7 Å². The predicted octanol–water partition coefficient (Wildman–Crippen LogP) is 3.55. The summed E-state index contributed by atoms with van der Waals surface area (Å²) < 4.78 is 10.8. The lowest BCUT2D eigenvalue weighted by Crippen LogP contribution is -2.18. The van der Waals surface area contributed by atoms with Crippen molar-refractivity contribution in [2.75, 3.05) is 25.6 Å². The molecule has 1 aromatic carbocycles. The molecule has 0 amide bonds. The Bertz CT molecular complexity index is 356. The van der Waals surface area contributed by atoms with Crippen LogP contribution in [0.5, 0.6) is 11.5 Å². The maximum atomic E-state index is 5.54. The minimum atomic E-state index is 0.256. The van der Waals surface area contributed by atoms with Crippen molar-refractivity contribution in [3.63, 3.8) is 0 Å². The summed E-state index contributed by atoms with van der Waals surface area (Å²) in [5, 5.41) is 3.40. The predicted molar refractivity (Wildman–Crippen MR) is 72.1 cm³/mol. The number of benzene rings is 1. The third-order valence-corrected chi connectivity index (χ3v) is 2.29. The van der Waals surface area contributed by atoms with Gasteiger partial charge in [0, 0.05) is 18.3 Å². The van der Waals surface area contributed by atoms with E-state index >= 15 is 0 Å². The van der Waals surface area contributed by atoms with Crippen LogP contribution in [0.2, 0.25) is 0 Å². The number of ether oxygens (including phenoxy) is 2. The largest absolute Gasteiger partial charge is 0.493 e. The molecule has 1 rings (SSSR count). The van der Waals surface area contributed by atoms with Crippen LogP contribution >= 0.6 is 0 Å². The second kappa shape index (κ2) is 5.80. The smallest absolute Gasteiger partial charge is 0.163 e. The van der Waals surface area contributed by atoms with Gasteiger partial charge in [-0.25, -0.2) is 0 Å². The van der Waals surface area contributed by atoms with E-state index in [1.54, 1.807) is 7.11 Å². The van der Waals surface area contributed by atoms with Crippen LogP contribution in [0.15, 0.2) is 18.2 Å². The van der Waals surface area contributed by atoms with E-state index in [-0.39, 0.29) is 5.41 Å². The Balaban J connectivity index is 2.77. The third kappa shape index (κ3) is 4.55. The van der Waals surface area contributed by atoms with Gasteiger partial charge < -0.3 is 14.8 Å². The monoisotopic (exact) mass is 237 g/mol. The van der Waals surface area contributed by atoms with Gasteiger partial charge in [-0.05, 0) is 24.5 Å². The first-order chi connectivity index (χ1) is 7.96. The van der Waals surface area contributed by atoms with Gasteiger partial charge in [-0.1, -0.05) is 20.8 Å². The molecular weight excluding hydrogens is 214 g/mol. The molecule has 0 aliphatic heterocycles. The molecule has 0 spiro atoms. The summed E-state index contributed by atoms with van der Waals surface area (Å²) in [4.78, 5) is 0. The van der Waals surface area contributed by atoms with E-state index in [0.29, 0.717) is 6.61 Å². The van der Waals surface area contributed by atoms with Crippen LogP contribution in [0.3, 0.4) is 0 Å². The van der Waals surface area contributed by atoms with Gasteiger partial charge in [0.2, 0.25) is 0 Å². The summed E-state index contributed by atoms with van der Waals surface area (Å²) in [5.41, 5.74) is 1.32. The van der Waals surface area contributed by atoms with Crippen molar-refractivity contribution >= 4 is 5.69 Å². The number of anilines is 1. The maximum Gasteiger partial charge on any atom is 0.163 e. The Hall–Kier alpha value is -1.38. The summed E-state index contributed by atoms with van der Waals surface area (Å²) >= 11 is 0.